The number of hydrogen-bond acceptors (Lipinski definition) is 3. The van der Waals surface area contributed by atoms with Gasteiger partial charge in [-0.2, -0.15) is 0 Å². The molecule has 1 aromatic heterocycles. The maximum absolute atomic E-state index is 12.0. The third kappa shape index (κ3) is 5.14. The highest BCUT2D eigenvalue weighted by Crippen LogP contribution is 2.25. The molecule has 0 aliphatic carbocycles. The van der Waals surface area contributed by atoms with Gasteiger partial charge >= 0.3 is 0 Å². The van der Waals surface area contributed by atoms with Crippen LogP contribution < -0.4 is 5.32 Å². The average molecular weight is 362 g/mol. The van der Waals surface area contributed by atoms with E-state index in [0.29, 0.717) is 11.0 Å². The molecule has 0 saturated carbocycles. The van der Waals surface area contributed by atoms with Crippen LogP contribution in [0.25, 0.3) is 17.3 Å². The number of rotatable bonds is 6. The molecule has 4 heteroatoms. The predicted octanol–water partition coefficient (Wildman–Crippen LogP) is 5.66. The fourth-order valence-corrected chi connectivity index (χ4v) is 3.35. The Labute approximate surface area is 158 Å². The van der Waals surface area contributed by atoms with Crippen molar-refractivity contribution in [2.75, 3.05) is 5.32 Å². The van der Waals surface area contributed by atoms with Gasteiger partial charge in [-0.3, -0.25) is 10.1 Å². The van der Waals surface area contributed by atoms with Gasteiger partial charge in [0.15, 0.2) is 5.13 Å². The fraction of sp³-hybridized carbons (Fsp3) is 0.182. The molecule has 1 amide bonds. The molecule has 3 rings (SSSR count). The van der Waals surface area contributed by atoms with E-state index in [-0.39, 0.29) is 5.91 Å². The van der Waals surface area contributed by atoms with Crippen molar-refractivity contribution >= 4 is 28.5 Å². The number of carbonyl (C=O) groups is 1. The summed E-state index contributed by atoms with van der Waals surface area (Å²) >= 11 is 1.43. The Morgan fingerprint density at radius 1 is 1.12 bits per heavy atom. The van der Waals surface area contributed by atoms with Gasteiger partial charge in [0.25, 0.3) is 0 Å². The first-order chi connectivity index (χ1) is 12.6. The van der Waals surface area contributed by atoms with Crippen LogP contribution in [-0.4, -0.2) is 10.9 Å². The molecule has 0 aliphatic heterocycles. The maximum atomic E-state index is 12.0. The van der Waals surface area contributed by atoms with Crippen molar-refractivity contribution in [1.29, 1.82) is 0 Å². The van der Waals surface area contributed by atoms with E-state index in [1.54, 1.807) is 6.08 Å². The van der Waals surface area contributed by atoms with Gasteiger partial charge in [0.05, 0.1) is 5.69 Å². The van der Waals surface area contributed by atoms with Crippen LogP contribution in [0.15, 0.2) is 66.1 Å². The number of anilines is 1. The van der Waals surface area contributed by atoms with Crippen LogP contribution in [0.2, 0.25) is 0 Å². The van der Waals surface area contributed by atoms with Gasteiger partial charge in [-0.1, -0.05) is 68.4 Å². The Morgan fingerprint density at radius 2 is 1.85 bits per heavy atom. The highest BCUT2D eigenvalue weighted by atomic mass is 32.1. The third-order valence-electron chi connectivity index (χ3n) is 3.85. The largest absolute Gasteiger partial charge is 0.298 e. The highest BCUT2D eigenvalue weighted by Gasteiger charge is 2.07. The first-order valence-corrected chi connectivity index (χ1v) is 9.57. The van der Waals surface area contributed by atoms with Crippen molar-refractivity contribution in [2.24, 2.45) is 5.92 Å². The first kappa shape index (κ1) is 18.1. The predicted molar refractivity (Wildman–Crippen MR) is 110 cm³/mol. The van der Waals surface area contributed by atoms with E-state index in [2.05, 4.69) is 48.4 Å². The quantitative estimate of drug-likeness (QED) is 0.575. The van der Waals surface area contributed by atoms with Gasteiger partial charge in [-0.15, -0.1) is 11.3 Å². The van der Waals surface area contributed by atoms with Crippen molar-refractivity contribution in [3.05, 3.63) is 77.2 Å². The summed E-state index contributed by atoms with van der Waals surface area (Å²) in [6.07, 6.45) is 4.39. The van der Waals surface area contributed by atoms with E-state index in [1.807, 2.05) is 35.7 Å². The molecule has 0 fully saturated rings. The van der Waals surface area contributed by atoms with E-state index >= 15 is 0 Å². The van der Waals surface area contributed by atoms with Crippen LogP contribution >= 0.6 is 11.3 Å². The molecule has 1 heterocycles. The Hall–Kier alpha value is -2.72. The summed E-state index contributed by atoms with van der Waals surface area (Å²) in [7, 11) is 0. The van der Waals surface area contributed by atoms with E-state index in [4.69, 9.17) is 0 Å². The van der Waals surface area contributed by atoms with E-state index in [9.17, 15) is 4.79 Å². The lowest BCUT2D eigenvalue weighted by Gasteiger charge is -2.05. The monoisotopic (exact) mass is 362 g/mol. The number of carbonyl (C=O) groups excluding carboxylic acids is 1. The van der Waals surface area contributed by atoms with Gasteiger partial charge in [0.1, 0.15) is 0 Å². The molecule has 0 aliphatic rings. The van der Waals surface area contributed by atoms with Crippen molar-refractivity contribution in [2.45, 2.75) is 20.3 Å². The number of aromatic nitrogens is 1. The van der Waals surface area contributed by atoms with Crippen molar-refractivity contribution in [3.8, 4) is 11.3 Å². The van der Waals surface area contributed by atoms with E-state index in [1.165, 1.54) is 23.0 Å². The number of benzene rings is 2. The minimum Gasteiger partial charge on any atom is -0.298 e. The van der Waals surface area contributed by atoms with Crippen molar-refractivity contribution in [3.63, 3.8) is 0 Å². The Bertz CT molecular complexity index is 880. The lowest BCUT2D eigenvalue weighted by atomic mass is 10.0. The minimum atomic E-state index is -0.179. The summed E-state index contributed by atoms with van der Waals surface area (Å²) in [6.45, 7) is 4.44. The molecule has 0 radical (unpaired) electrons. The van der Waals surface area contributed by atoms with Crippen LogP contribution in [-0.2, 0) is 11.2 Å². The van der Waals surface area contributed by atoms with Gasteiger partial charge in [0.2, 0.25) is 5.91 Å². The summed E-state index contributed by atoms with van der Waals surface area (Å²) in [4.78, 5) is 16.6. The molecule has 26 heavy (non-hydrogen) atoms. The molecule has 2 aromatic carbocycles. The number of amides is 1. The van der Waals surface area contributed by atoms with Crippen LogP contribution in [0.1, 0.15) is 25.0 Å². The number of nitrogens with zero attached hydrogens (tertiary/aromatic N) is 1. The van der Waals surface area contributed by atoms with Crippen molar-refractivity contribution in [1.82, 2.24) is 4.98 Å². The lowest BCUT2D eigenvalue weighted by molar-refractivity contribution is -0.111. The average Bonchev–Trinajstić information content (AvgIpc) is 3.09. The Morgan fingerprint density at radius 3 is 2.54 bits per heavy atom. The molecule has 3 nitrogen and oxygen atoms in total. The summed E-state index contributed by atoms with van der Waals surface area (Å²) in [5, 5.41) is 5.39. The van der Waals surface area contributed by atoms with E-state index < -0.39 is 0 Å². The normalized spacial score (nSPS) is 11.2. The second-order valence-corrected chi connectivity index (χ2v) is 7.42. The summed E-state index contributed by atoms with van der Waals surface area (Å²) in [5.74, 6) is 0.466. The van der Waals surface area contributed by atoms with E-state index in [0.717, 1.165) is 23.2 Å². The van der Waals surface area contributed by atoms with Gasteiger partial charge < -0.3 is 0 Å². The molecule has 0 atom stereocenters. The van der Waals surface area contributed by atoms with Crippen LogP contribution in [0.4, 0.5) is 5.13 Å². The standard InChI is InChI=1S/C22H22N2OS/c1-16(2)14-18-8-11-19(12-9-18)20-15-26-22(23-20)24-21(25)13-10-17-6-4-3-5-7-17/h3-13,15-16H,14H2,1-2H3,(H,23,24,25). The molecule has 0 spiro atoms. The lowest BCUT2D eigenvalue weighted by Crippen LogP contribution is -2.07. The zero-order chi connectivity index (χ0) is 18.4. The summed E-state index contributed by atoms with van der Waals surface area (Å²) in [5.41, 5.74) is 4.27. The summed E-state index contributed by atoms with van der Waals surface area (Å²) < 4.78 is 0. The molecular weight excluding hydrogens is 340 g/mol. The number of hydrogen-bond donors (Lipinski definition) is 1. The number of nitrogens with one attached hydrogen (secondary N) is 1. The van der Waals surface area contributed by atoms with Crippen molar-refractivity contribution < 1.29 is 4.79 Å². The minimum absolute atomic E-state index is 0.179. The van der Waals surface area contributed by atoms with Crippen LogP contribution in [0.5, 0.6) is 0 Å². The molecule has 0 saturated heterocycles. The molecular formula is C22H22N2OS. The van der Waals surface area contributed by atoms with Gasteiger partial charge in [-0.25, -0.2) is 4.98 Å². The topological polar surface area (TPSA) is 42.0 Å². The highest BCUT2D eigenvalue weighted by molar-refractivity contribution is 7.14. The second kappa shape index (κ2) is 8.59. The SMILES string of the molecule is CC(C)Cc1ccc(-c2csc(NC(=O)C=Cc3ccccc3)n2)cc1. The summed E-state index contributed by atoms with van der Waals surface area (Å²) in [6, 6.07) is 18.2. The zero-order valence-electron chi connectivity index (χ0n) is 15.0. The maximum Gasteiger partial charge on any atom is 0.250 e. The smallest absolute Gasteiger partial charge is 0.250 e. The van der Waals surface area contributed by atoms with Gasteiger partial charge in [0, 0.05) is 17.0 Å². The third-order valence-corrected chi connectivity index (χ3v) is 4.61. The molecule has 0 bridgehead atoms. The fourth-order valence-electron chi connectivity index (χ4n) is 2.63. The molecule has 1 N–H and O–H groups in total. The second-order valence-electron chi connectivity index (χ2n) is 6.57. The molecule has 3 aromatic rings. The molecule has 0 unspecified atom stereocenters. The zero-order valence-corrected chi connectivity index (χ0v) is 15.8. The van der Waals surface area contributed by atoms with Gasteiger partial charge in [-0.05, 0) is 29.5 Å². The first-order valence-electron chi connectivity index (χ1n) is 8.69. The van der Waals surface area contributed by atoms with Crippen LogP contribution in [0, 0.1) is 5.92 Å². The number of thiazole rings is 1. The Kier molecular flexibility index (Phi) is 5.97. The molecule has 132 valence electrons. The Balaban J connectivity index is 1.62. The van der Waals surface area contributed by atoms with Crippen LogP contribution in [0.3, 0.4) is 0 Å².